The summed E-state index contributed by atoms with van der Waals surface area (Å²) in [5, 5.41) is 6.53. The second-order valence-corrected chi connectivity index (χ2v) is 8.69. The number of hydrogen-bond donors (Lipinski definition) is 2. The molecular weight excluding hydrogens is 405 g/mol. The van der Waals surface area contributed by atoms with Gasteiger partial charge in [-0.05, 0) is 30.8 Å². The number of nitrogens with zero attached hydrogens (tertiary/aromatic N) is 1. The van der Waals surface area contributed by atoms with Gasteiger partial charge in [0.15, 0.2) is 0 Å². The van der Waals surface area contributed by atoms with Crippen molar-refractivity contribution in [3.63, 3.8) is 0 Å². The Morgan fingerprint density at radius 2 is 2.20 bits per heavy atom. The van der Waals surface area contributed by atoms with Gasteiger partial charge in [0, 0.05) is 6.54 Å². The molecule has 3 heterocycles. The van der Waals surface area contributed by atoms with Crippen molar-refractivity contribution < 1.29 is 14.3 Å². The third-order valence-corrected chi connectivity index (χ3v) is 6.23. The molecule has 10 heteroatoms. The summed E-state index contributed by atoms with van der Waals surface area (Å²) in [5.41, 5.74) is 0.934. The molecule has 2 aromatic heterocycles. The zero-order valence-electron chi connectivity index (χ0n) is 13.2. The van der Waals surface area contributed by atoms with Crippen molar-refractivity contribution in [1.29, 1.82) is 0 Å². The number of ether oxygens (including phenoxy) is 1. The maximum atomic E-state index is 12.1. The summed E-state index contributed by atoms with van der Waals surface area (Å²) >= 11 is 14.5. The average Bonchev–Trinajstić information content (AvgIpc) is 3.25. The van der Waals surface area contributed by atoms with Gasteiger partial charge >= 0.3 is 6.09 Å². The van der Waals surface area contributed by atoms with Crippen molar-refractivity contribution in [1.82, 2.24) is 10.6 Å². The van der Waals surface area contributed by atoms with Gasteiger partial charge < -0.3 is 15.4 Å². The van der Waals surface area contributed by atoms with Crippen molar-refractivity contribution in [2.24, 2.45) is 0 Å². The van der Waals surface area contributed by atoms with Crippen molar-refractivity contribution in [3.8, 4) is 0 Å². The van der Waals surface area contributed by atoms with Crippen molar-refractivity contribution in [2.45, 2.75) is 12.6 Å². The van der Waals surface area contributed by atoms with Gasteiger partial charge in [-0.2, -0.15) is 0 Å². The van der Waals surface area contributed by atoms with Gasteiger partial charge in [0.25, 0.3) is 5.91 Å². The molecule has 1 aliphatic heterocycles. The molecule has 0 aliphatic carbocycles. The number of cyclic esters (lactones) is 1. The topological polar surface area (TPSA) is 70.7 Å². The lowest BCUT2D eigenvalue weighted by Gasteiger charge is -2.10. The molecule has 0 aromatic carbocycles. The van der Waals surface area contributed by atoms with Crippen LogP contribution in [0.15, 0.2) is 18.2 Å². The molecule has 1 fully saturated rings. The Hall–Kier alpha value is -1.32. The summed E-state index contributed by atoms with van der Waals surface area (Å²) < 4.78 is 6.52. The Morgan fingerprint density at radius 3 is 2.88 bits per heavy atom. The highest BCUT2D eigenvalue weighted by Crippen LogP contribution is 2.36. The van der Waals surface area contributed by atoms with Gasteiger partial charge in [-0.25, -0.2) is 4.79 Å². The molecule has 134 valence electrons. The highest BCUT2D eigenvalue weighted by atomic mass is 35.5. The van der Waals surface area contributed by atoms with Crippen LogP contribution in [0.25, 0.3) is 0 Å². The lowest BCUT2D eigenvalue weighted by Crippen LogP contribution is -2.34. The molecule has 0 spiro atoms. The second-order valence-electron chi connectivity index (χ2n) is 5.34. The quantitative estimate of drug-likeness (QED) is 0.750. The molecule has 3 rings (SSSR count). The fourth-order valence-corrected chi connectivity index (χ4v) is 4.60. The maximum absolute atomic E-state index is 12.1. The molecule has 1 atom stereocenters. The first-order valence-electron chi connectivity index (χ1n) is 7.42. The number of carbonyl (C=O) groups excluding carboxylic acids is 2. The second kappa shape index (κ2) is 7.92. The Kier molecular flexibility index (Phi) is 5.85. The molecule has 0 bridgehead atoms. The largest absolute Gasteiger partial charge is 0.442 e. The van der Waals surface area contributed by atoms with Gasteiger partial charge in [-0.15, -0.1) is 22.7 Å². The molecule has 2 amide bonds. The number of anilines is 1. The summed E-state index contributed by atoms with van der Waals surface area (Å²) in [4.78, 5) is 26.2. The predicted octanol–water partition coefficient (Wildman–Crippen LogP) is 3.59. The van der Waals surface area contributed by atoms with E-state index >= 15 is 0 Å². The van der Waals surface area contributed by atoms with E-state index in [1.807, 2.05) is 13.1 Å². The van der Waals surface area contributed by atoms with Crippen LogP contribution in [0.3, 0.4) is 0 Å². The summed E-state index contributed by atoms with van der Waals surface area (Å²) in [6.07, 6.45) is -0.854. The van der Waals surface area contributed by atoms with E-state index in [1.165, 1.54) is 27.6 Å². The van der Waals surface area contributed by atoms with E-state index in [-0.39, 0.29) is 12.5 Å². The van der Waals surface area contributed by atoms with Gasteiger partial charge in [0.05, 0.1) is 26.6 Å². The fraction of sp³-hybridized carbons (Fsp3) is 0.333. The summed E-state index contributed by atoms with van der Waals surface area (Å²) in [6.45, 7) is 1.22. The molecule has 25 heavy (non-hydrogen) atoms. The molecular formula is C15H15Cl2N3O3S2. The Balaban J connectivity index is 1.59. The smallest absolute Gasteiger partial charge is 0.415 e. The molecule has 0 radical (unpaired) electrons. The van der Waals surface area contributed by atoms with Gasteiger partial charge in [-0.3, -0.25) is 9.69 Å². The summed E-state index contributed by atoms with van der Waals surface area (Å²) in [7, 11) is 1.83. The van der Waals surface area contributed by atoms with Crippen molar-refractivity contribution in [2.75, 3.05) is 25.0 Å². The average molecular weight is 420 g/mol. The van der Waals surface area contributed by atoms with E-state index in [9.17, 15) is 9.59 Å². The monoisotopic (exact) mass is 419 g/mol. The Bertz CT molecular complexity index is 793. The molecule has 6 nitrogen and oxygen atoms in total. The number of thiophene rings is 2. The third-order valence-electron chi connectivity index (χ3n) is 3.54. The Labute approximate surface area is 162 Å². The highest BCUT2D eigenvalue weighted by molar-refractivity contribution is 7.20. The number of nitrogens with one attached hydrogen (secondary N) is 2. The first kappa shape index (κ1) is 18.5. The predicted molar refractivity (Wildman–Crippen MR) is 101 cm³/mol. The summed E-state index contributed by atoms with van der Waals surface area (Å²) in [5.74, 6) is -0.234. The van der Waals surface area contributed by atoms with E-state index in [1.54, 1.807) is 12.1 Å². The zero-order chi connectivity index (χ0) is 18.0. The lowest BCUT2D eigenvalue weighted by molar-refractivity contribution is 0.0920. The SMILES string of the molecule is CNCc1cc(N2C[C@H](CNC(=O)c3ccc(Cl)s3)OC2=O)sc1Cl. The molecule has 2 aromatic rings. The van der Waals surface area contributed by atoms with Crippen LogP contribution in [-0.2, 0) is 11.3 Å². The normalized spacial score (nSPS) is 17.0. The third kappa shape index (κ3) is 4.27. The molecule has 0 unspecified atom stereocenters. The van der Waals surface area contributed by atoms with Crippen LogP contribution in [0, 0.1) is 0 Å². The number of hydrogen-bond acceptors (Lipinski definition) is 6. The van der Waals surface area contributed by atoms with E-state index in [0.29, 0.717) is 26.6 Å². The van der Waals surface area contributed by atoms with E-state index in [4.69, 9.17) is 27.9 Å². The number of amides is 2. The molecule has 1 saturated heterocycles. The number of rotatable bonds is 6. The molecule has 1 aliphatic rings. The highest BCUT2D eigenvalue weighted by Gasteiger charge is 2.34. The van der Waals surface area contributed by atoms with Crippen molar-refractivity contribution in [3.05, 3.63) is 37.3 Å². The molecule has 0 saturated carbocycles. The summed E-state index contributed by atoms with van der Waals surface area (Å²) in [6, 6.07) is 5.20. The number of halogens is 2. The van der Waals surface area contributed by atoms with Gasteiger partial charge in [-0.1, -0.05) is 23.2 Å². The van der Waals surface area contributed by atoms with Crippen LogP contribution in [-0.4, -0.2) is 38.2 Å². The maximum Gasteiger partial charge on any atom is 0.415 e. The minimum absolute atomic E-state index is 0.234. The Morgan fingerprint density at radius 1 is 1.40 bits per heavy atom. The van der Waals surface area contributed by atoms with E-state index in [0.717, 1.165) is 10.6 Å². The zero-order valence-corrected chi connectivity index (χ0v) is 16.3. The van der Waals surface area contributed by atoms with Crippen LogP contribution >= 0.6 is 45.9 Å². The van der Waals surface area contributed by atoms with Gasteiger partial charge in [0.1, 0.15) is 11.1 Å². The minimum atomic E-state index is -0.438. The fourth-order valence-electron chi connectivity index (χ4n) is 2.37. The van der Waals surface area contributed by atoms with Crippen LogP contribution in [0.1, 0.15) is 15.2 Å². The van der Waals surface area contributed by atoms with Crippen LogP contribution in [0.2, 0.25) is 8.67 Å². The molecule has 2 N–H and O–H groups in total. The standard InChI is InChI=1S/C15H15Cl2N3O3S2/c1-18-5-8-4-12(25-13(8)17)20-7-9(23-15(20)22)6-19-14(21)10-2-3-11(16)24-10/h2-4,9,18H,5-7H2,1H3,(H,19,21)/t9-/m0/s1. The first-order valence-corrected chi connectivity index (χ1v) is 9.81. The van der Waals surface area contributed by atoms with E-state index in [2.05, 4.69) is 10.6 Å². The minimum Gasteiger partial charge on any atom is -0.442 e. The van der Waals surface area contributed by atoms with E-state index < -0.39 is 12.2 Å². The van der Waals surface area contributed by atoms with Crippen LogP contribution < -0.4 is 15.5 Å². The van der Waals surface area contributed by atoms with Crippen LogP contribution in [0.5, 0.6) is 0 Å². The van der Waals surface area contributed by atoms with Crippen molar-refractivity contribution >= 4 is 62.9 Å². The first-order chi connectivity index (χ1) is 12.0. The van der Waals surface area contributed by atoms with Crippen LogP contribution in [0.4, 0.5) is 9.80 Å². The number of carbonyl (C=O) groups is 2. The lowest BCUT2D eigenvalue weighted by atomic mass is 10.3. The van der Waals surface area contributed by atoms with Gasteiger partial charge in [0.2, 0.25) is 0 Å².